The highest BCUT2D eigenvalue weighted by Gasteiger charge is 2.21. The zero-order chi connectivity index (χ0) is 18.4. The van der Waals surface area contributed by atoms with Crippen molar-refractivity contribution in [3.63, 3.8) is 0 Å². The molecule has 0 aliphatic carbocycles. The number of carbonyl (C=O) groups excluding carboxylic acids is 1. The van der Waals surface area contributed by atoms with Crippen molar-refractivity contribution in [3.8, 4) is 5.75 Å². The number of piperazine rings is 1. The summed E-state index contributed by atoms with van der Waals surface area (Å²) >= 11 is 7.72. The first-order valence-electron chi connectivity index (χ1n) is 8.64. The number of ether oxygens (including phenoxy) is 1. The lowest BCUT2D eigenvalue weighted by Crippen LogP contribution is -2.49. The summed E-state index contributed by atoms with van der Waals surface area (Å²) in [6, 6.07) is 15.9. The fourth-order valence-corrected chi connectivity index (χ4v) is 4.03. The van der Waals surface area contributed by atoms with Crippen molar-refractivity contribution < 1.29 is 9.53 Å². The molecule has 4 nitrogen and oxygen atoms in total. The molecule has 1 aliphatic rings. The predicted molar refractivity (Wildman–Crippen MR) is 109 cm³/mol. The summed E-state index contributed by atoms with van der Waals surface area (Å²) in [5.74, 6) is 2.42. The summed E-state index contributed by atoms with van der Waals surface area (Å²) in [5.41, 5.74) is 2.33. The molecular formula is C20H23ClN2O2S. The molecule has 1 fully saturated rings. The van der Waals surface area contributed by atoms with Gasteiger partial charge in [0.15, 0.2) is 0 Å². The van der Waals surface area contributed by atoms with Gasteiger partial charge in [-0.3, -0.25) is 4.79 Å². The molecule has 6 heteroatoms. The van der Waals surface area contributed by atoms with Crippen LogP contribution in [0.5, 0.6) is 5.75 Å². The van der Waals surface area contributed by atoms with Crippen molar-refractivity contribution in [2.75, 3.05) is 43.9 Å². The van der Waals surface area contributed by atoms with Crippen molar-refractivity contribution >= 4 is 35.0 Å². The minimum atomic E-state index is 0.217. The predicted octanol–water partition coefficient (Wildman–Crippen LogP) is 3.93. The van der Waals surface area contributed by atoms with Gasteiger partial charge in [0.2, 0.25) is 5.91 Å². The van der Waals surface area contributed by atoms with Crippen molar-refractivity contribution in [3.05, 3.63) is 59.1 Å². The molecule has 0 aromatic heterocycles. The molecule has 1 saturated heterocycles. The third-order valence-electron chi connectivity index (χ3n) is 4.46. The van der Waals surface area contributed by atoms with Gasteiger partial charge in [0.25, 0.3) is 0 Å². The van der Waals surface area contributed by atoms with Crippen LogP contribution < -0.4 is 9.64 Å². The molecular weight excluding hydrogens is 368 g/mol. The average molecular weight is 391 g/mol. The van der Waals surface area contributed by atoms with Gasteiger partial charge >= 0.3 is 0 Å². The Balaban J connectivity index is 1.42. The Kier molecular flexibility index (Phi) is 6.69. The van der Waals surface area contributed by atoms with Gasteiger partial charge in [0.1, 0.15) is 5.75 Å². The first-order chi connectivity index (χ1) is 12.7. The second-order valence-corrected chi connectivity index (χ2v) is 7.61. The number of hydrogen-bond donors (Lipinski definition) is 0. The van der Waals surface area contributed by atoms with Crippen LogP contribution in [0.15, 0.2) is 48.5 Å². The summed E-state index contributed by atoms with van der Waals surface area (Å²) in [6.45, 7) is 3.20. The van der Waals surface area contributed by atoms with Gasteiger partial charge in [-0.15, -0.1) is 11.8 Å². The SMILES string of the molecule is COc1ccc(CSCC(=O)N2CCN(c3cccc(Cl)c3)CC2)cc1. The van der Waals surface area contributed by atoms with Crippen LogP contribution >= 0.6 is 23.4 Å². The normalized spacial score (nSPS) is 14.4. The van der Waals surface area contributed by atoms with E-state index in [1.54, 1.807) is 18.9 Å². The molecule has 0 radical (unpaired) electrons. The fourth-order valence-electron chi connectivity index (χ4n) is 2.96. The Morgan fingerprint density at radius 2 is 1.85 bits per heavy atom. The molecule has 0 spiro atoms. The molecule has 0 bridgehead atoms. The average Bonchev–Trinajstić information content (AvgIpc) is 2.68. The highest BCUT2D eigenvalue weighted by molar-refractivity contribution is 7.99. The Morgan fingerprint density at radius 3 is 2.50 bits per heavy atom. The van der Waals surface area contributed by atoms with E-state index in [1.165, 1.54) is 5.56 Å². The van der Waals surface area contributed by atoms with E-state index in [9.17, 15) is 4.79 Å². The molecule has 2 aromatic carbocycles. The zero-order valence-corrected chi connectivity index (χ0v) is 16.4. The molecule has 0 atom stereocenters. The maximum atomic E-state index is 12.4. The van der Waals surface area contributed by atoms with Gasteiger partial charge in [0, 0.05) is 42.6 Å². The van der Waals surface area contributed by atoms with Crippen LogP contribution in [0.2, 0.25) is 5.02 Å². The van der Waals surface area contributed by atoms with Crippen molar-refractivity contribution in [2.24, 2.45) is 0 Å². The first kappa shape index (κ1) is 18.9. The number of thioether (sulfide) groups is 1. The second kappa shape index (κ2) is 9.19. The summed E-state index contributed by atoms with van der Waals surface area (Å²) in [7, 11) is 1.66. The largest absolute Gasteiger partial charge is 0.497 e. The molecule has 1 aliphatic heterocycles. The van der Waals surface area contributed by atoms with Crippen molar-refractivity contribution in [1.82, 2.24) is 4.90 Å². The Morgan fingerprint density at radius 1 is 1.12 bits per heavy atom. The number of methoxy groups -OCH3 is 1. The number of carbonyl (C=O) groups is 1. The number of amides is 1. The molecule has 26 heavy (non-hydrogen) atoms. The number of benzene rings is 2. The summed E-state index contributed by atoms with van der Waals surface area (Å²) in [5, 5.41) is 0.746. The lowest BCUT2D eigenvalue weighted by molar-refractivity contribution is -0.128. The smallest absolute Gasteiger partial charge is 0.232 e. The molecule has 0 saturated carbocycles. The van der Waals surface area contributed by atoms with E-state index >= 15 is 0 Å². The topological polar surface area (TPSA) is 32.8 Å². The van der Waals surface area contributed by atoms with E-state index in [0.29, 0.717) is 5.75 Å². The lowest BCUT2D eigenvalue weighted by Gasteiger charge is -2.36. The summed E-state index contributed by atoms with van der Waals surface area (Å²) in [4.78, 5) is 16.7. The van der Waals surface area contributed by atoms with Gasteiger partial charge in [-0.1, -0.05) is 29.8 Å². The van der Waals surface area contributed by atoms with Gasteiger partial charge in [0.05, 0.1) is 12.9 Å². The third kappa shape index (κ3) is 5.08. The van der Waals surface area contributed by atoms with E-state index in [1.807, 2.05) is 47.4 Å². The molecule has 3 rings (SSSR count). The fraction of sp³-hybridized carbons (Fsp3) is 0.350. The molecule has 0 N–H and O–H groups in total. The van der Waals surface area contributed by atoms with E-state index in [4.69, 9.17) is 16.3 Å². The van der Waals surface area contributed by atoms with Crippen LogP contribution in [-0.2, 0) is 10.5 Å². The Hall–Kier alpha value is -1.85. The number of hydrogen-bond acceptors (Lipinski definition) is 4. The van der Waals surface area contributed by atoms with Crippen LogP contribution in [0.1, 0.15) is 5.56 Å². The number of rotatable bonds is 6. The van der Waals surface area contributed by atoms with Crippen LogP contribution in [0, 0.1) is 0 Å². The van der Waals surface area contributed by atoms with E-state index in [-0.39, 0.29) is 5.91 Å². The zero-order valence-electron chi connectivity index (χ0n) is 14.9. The van der Waals surface area contributed by atoms with Gasteiger partial charge in [-0.05, 0) is 35.9 Å². The van der Waals surface area contributed by atoms with Gasteiger partial charge in [-0.2, -0.15) is 0 Å². The Labute approximate surface area is 164 Å². The van der Waals surface area contributed by atoms with E-state index in [2.05, 4.69) is 11.0 Å². The van der Waals surface area contributed by atoms with E-state index in [0.717, 1.165) is 48.4 Å². The van der Waals surface area contributed by atoms with Gasteiger partial charge in [-0.25, -0.2) is 0 Å². The van der Waals surface area contributed by atoms with Crippen LogP contribution in [-0.4, -0.2) is 49.8 Å². The van der Waals surface area contributed by atoms with Crippen LogP contribution in [0.3, 0.4) is 0 Å². The maximum absolute atomic E-state index is 12.4. The standard InChI is InChI=1S/C20H23ClN2O2S/c1-25-19-7-5-16(6-8-19)14-26-15-20(24)23-11-9-22(10-12-23)18-4-2-3-17(21)13-18/h2-8,13H,9-12,14-15H2,1H3. The number of anilines is 1. The molecule has 1 amide bonds. The minimum Gasteiger partial charge on any atom is -0.497 e. The number of nitrogens with zero attached hydrogens (tertiary/aromatic N) is 2. The van der Waals surface area contributed by atoms with Crippen molar-refractivity contribution in [2.45, 2.75) is 5.75 Å². The monoisotopic (exact) mass is 390 g/mol. The van der Waals surface area contributed by atoms with Gasteiger partial charge < -0.3 is 14.5 Å². The minimum absolute atomic E-state index is 0.217. The maximum Gasteiger partial charge on any atom is 0.232 e. The summed E-state index contributed by atoms with van der Waals surface area (Å²) < 4.78 is 5.16. The molecule has 1 heterocycles. The highest BCUT2D eigenvalue weighted by atomic mass is 35.5. The molecule has 138 valence electrons. The lowest BCUT2D eigenvalue weighted by atomic mass is 10.2. The van der Waals surface area contributed by atoms with Crippen LogP contribution in [0.25, 0.3) is 0 Å². The molecule has 0 unspecified atom stereocenters. The Bertz CT molecular complexity index is 731. The summed E-state index contributed by atoms with van der Waals surface area (Å²) in [6.07, 6.45) is 0. The van der Waals surface area contributed by atoms with E-state index < -0.39 is 0 Å². The van der Waals surface area contributed by atoms with Crippen molar-refractivity contribution in [1.29, 1.82) is 0 Å². The van der Waals surface area contributed by atoms with Crippen LogP contribution in [0.4, 0.5) is 5.69 Å². The molecule has 2 aromatic rings. The second-order valence-electron chi connectivity index (χ2n) is 6.19. The highest BCUT2D eigenvalue weighted by Crippen LogP contribution is 2.21. The first-order valence-corrected chi connectivity index (χ1v) is 10.2. The third-order valence-corrected chi connectivity index (χ3v) is 5.68. The quantitative estimate of drug-likeness (QED) is 0.748. The number of halogens is 1.